The molecule has 7 nitrogen and oxygen atoms in total. The van der Waals surface area contributed by atoms with Gasteiger partial charge in [0.05, 0.1) is 6.26 Å². The molecule has 0 atom stereocenters. The summed E-state index contributed by atoms with van der Waals surface area (Å²) in [7, 11) is 3.42. The van der Waals surface area contributed by atoms with Crippen molar-refractivity contribution in [3.8, 4) is 0 Å². The Kier molecular flexibility index (Phi) is 8.74. The highest BCUT2D eigenvalue weighted by Crippen LogP contribution is 2.07. The van der Waals surface area contributed by atoms with Gasteiger partial charge in [0.1, 0.15) is 0 Å². The number of carbonyl (C=O) groups excluding carboxylic acids is 1. The monoisotopic (exact) mass is 310 g/mol. The van der Waals surface area contributed by atoms with E-state index in [2.05, 4.69) is 20.9 Å². The molecule has 7 heteroatoms. The van der Waals surface area contributed by atoms with E-state index in [1.807, 2.05) is 6.92 Å². The maximum Gasteiger partial charge on any atom is 0.287 e. The molecule has 0 aliphatic rings. The molecule has 0 aliphatic heterocycles. The van der Waals surface area contributed by atoms with Crippen LogP contribution in [0, 0.1) is 6.92 Å². The number of ether oxygens (including phenoxy) is 1. The summed E-state index contributed by atoms with van der Waals surface area (Å²) in [6.45, 7) is 4.68. The van der Waals surface area contributed by atoms with Crippen molar-refractivity contribution in [2.24, 2.45) is 4.99 Å². The van der Waals surface area contributed by atoms with Crippen molar-refractivity contribution < 1.29 is 13.9 Å². The van der Waals surface area contributed by atoms with Crippen molar-refractivity contribution in [2.45, 2.75) is 19.8 Å². The summed E-state index contributed by atoms with van der Waals surface area (Å²) in [5.74, 6) is 0.956. The third-order valence-electron chi connectivity index (χ3n) is 3.04. The summed E-state index contributed by atoms with van der Waals surface area (Å²) in [4.78, 5) is 15.9. The van der Waals surface area contributed by atoms with Crippen LogP contribution in [0.1, 0.15) is 29.0 Å². The Morgan fingerprint density at radius 2 is 1.91 bits per heavy atom. The molecule has 0 aliphatic carbocycles. The Hall–Kier alpha value is -2.02. The van der Waals surface area contributed by atoms with Gasteiger partial charge in [-0.3, -0.25) is 9.79 Å². The van der Waals surface area contributed by atoms with Gasteiger partial charge in [-0.1, -0.05) is 0 Å². The molecule has 1 rings (SSSR count). The number of aryl methyl sites for hydroxylation is 1. The number of nitrogens with one attached hydrogen (secondary N) is 3. The first-order valence-electron chi connectivity index (χ1n) is 7.44. The van der Waals surface area contributed by atoms with Gasteiger partial charge in [0.2, 0.25) is 0 Å². The summed E-state index contributed by atoms with van der Waals surface area (Å²) in [6.07, 6.45) is 3.24. The highest BCUT2D eigenvalue weighted by molar-refractivity contribution is 5.92. The minimum absolute atomic E-state index is 0.176. The molecule has 124 valence electrons. The third-order valence-corrected chi connectivity index (χ3v) is 3.04. The molecule has 1 aromatic rings. The van der Waals surface area contributed by atoms with Crippen molar-refractivity contribution in [2.75, 3.05) is 40.4 Å². The molecule has 0 saturated carbocycles. The van der Waals surface area contributed by atoms with Gasteiger partial charge in [0.15, 0.2) is 11.7 Å². The van der Waals surface area contributed by atoms with Crippen molar-refractivity contribution in [1.29, 1.82) is 0 Å². The predicted octanol–water partition coefficient (Wildman–Crippen LogP) is 0.909. The SMILES string of the molecule is CN=C(NCCCNC(=O)c1occc1C)NCCCOC. The second kappa shape index (κ2) is 10.7. The molecule has 0 radical (unpaired) electrons. The van der Waals surface area contributed by atoms with Crippen LogP contribution in [0.4, 0.5) is 0 Å². The standard InChI is InChI=1S/C15H26N4O3/c1-12-6-11-22-13(12)14(20)17-7-4-8-18-15(16-2)19-9-5-10-21-3/h6,11H,4-5,7-10H2,1-3H3,(H,17,20)(H2,16,18,19). The number of amides is 1. The van der Waals surface area contributed by atoms with Gasteiger partial charge in [-0.2, -0.15) is 0 Å². The molecule has 0 aromatic carbocycles. The number of methoxy groups -OCH3 is 1. The minimum atomic E-state index is -0.176. The van der Waals surface area contributed by atoms with E-state index in [1.165, 1.54) is 6.26 Å². The molecular formula is C15H26N4O3. The van der Waals surface area contributed by atoms with E-state index in [4.69, 9.17) is 9.15 Å². The van der Waals surface area contributed by atoms with Crippen molar-refractivity contribution in [3.63, 3.8) is 0 Å². The van der Waals surface area contributed by atoms with E-state index >= 15 is 0 Å². The van der Waals surface area contributed by atoms with Gasteiger partial charge in [-0.05, 0) is 25.8 Å². The largest absolute Gasteiger partial charge is 0.459 e. The maximum atomic E-state index is 11.8. The lowest BCUT2D eigenvalue weighted by Crippen LogP contribution is -2.39. The summed E-state index contributed by atoms with van der Waals surface area (Å²) in [5, 5.41) is 9.21. The van der Waals surface area contributed by atoms with E-state index in [1.54, 1.807) is 20.2 Å². The van der Waals surface area contributed by atoms with Gasteiger partial charge in [0.25, 0.3) is 5.91 Å². The average molecular weight is 310 g/mol. The zero-order chi connectivity index (χ0) is 16.2. The van der Waals surface area contributed by atoms with Gasteiger partial charge in [0, 0.05) is 46.0 Å². The summed E-state index contributed by atoms with van der Waals surface area (Å²) in [6, 6.07) is 1.77. The number of aliphatic imine (C=N–C) groups is 1. The molecule has 22 heavy (non-hydrogen) atoms. The summed E-state index contributed by atoms with van der Waals surface area (Å²) in [5.41, 5.74) is 0.844. The van der Waals surface area contributed by atoms with Gasteiger partial charge >= 0.3 is 0 Å². The molecule has 0 bridgehead atoms. The van der Waals surface area contributed by atoms with Gasteiger partial charge in [-0.15, -0.1) is 0 Å². The second-order valence-corrected chi connectivity index (χ2v) is 4.81. The van der Waals surface area contributed by atoms with Gasteiger partial charge < -0.3 is 25.1 Å². The minimum Gasteiger partial charge on any atom is -0.459 e. The fourth-order valence-corrected chi connectivity index (χ4v) is 1.83. The first kappa shape index (κ1) is 18.0. The van der Waals surface area contributed by atoms with Crippen LogP contribution in [0.3, 0.4) is 0 Å². The summed E-state index contributed by atoms with van der Waals surface area (Å²) < 4.78 is 10.1. The average Bonchev–Trinajstić information content (AvgIpc) is 2.95. The predicted molar refractivity (Wildman–Crippen MR) is 86.3 cm³/mol. The van der Waals surface area contributed by atoms with Crippen LogP contribution in [0.2, 0.25) is 0 Å². The van der Waals surface area contributed by atoms with Crippen molar-refractivity contribution in [1.82, 2.24) is 16.0 Å². The topological polar surface area (TPSA) is 87.9 Å². The normalized spacial score (nSPS) is 11.3. The summed E-state index contributed by atoms with van der Waals surface area (Å²) >= 11 is 0. The molecule has 0 saturated heterocycles. The van der Waals surface area contributed by atoms with Crippen LogP contribution in [0.25, 0.3) is 0 Å². The Morgan fingerprint density at radius 1 is 1.23 bits per heavy atom. The number of hydrogen-bond acceptors (Lipinski definition) is 4. The lowest BCUT2D eigenvalue weighted by molar-refractivity contribution is 0.0925. The Labute approximate surface area is 131 Å². The van der Waals surface area contributed by atoms with Crippen LogP contribution in [-0.4, -0.2) is 52.3 Å². The Balaban J connectivity index is 2.11. The zero-order valence-electron chi connectivity index (χ0n) is 13.6. The first-order valence-corrected chi connectivity index (χ1v) is 7.44. The van der Waals surface area contributed by atoms with E-state index in [0.29, 0.717) is 12.3 Å². The molecule has 1 heterocycles. The highest BCUT2D eigenvalue weighted by Gasteiger charge is 2.11. The number of rotatable bonds is 9. The van der Waals surface area contributed by atoms with Crippen molar-refractivity contribution >= 4 is 11.9 Å². The fraction of sp³-hybridized carbons (Fsp3) is 0.600. The molecule has 1 aromatic heterocycles. The van der Waals surface area contributed by atoms with Crippen LogP contribution in [-0.2, 0) is 4.74 Å². The van der Waals surface area contributed by atoms with Crippen molar-refractivity contribution in [3.05, 3.63) is 23.7 Å². The van der Waals surface area contributed by atoms with E-state index < -0.39 is 0 Å². The molecule has 3 N–H and O–H groups in total. The lowest BCUT2D eigenvalue weighted by Gasteiger charge is -2.11. The molecular weight excluding hydrogens is 284 g/mol. The number of carbonyl (C=O) groups is 1. The highest BCUT2D eigenvalue weighted by atomic mass is 16.5. The van der Waals surface area contributed by atoms with Crippen LogP contribution >= 0.6 is 0 Å². The van der Waals surface area contributed by atoms with Crippen LogP contribution in [0.5, 0.6) is 0 Å². The van der Waals surface area contributed by atoms with Gasteiger partial charge in [-0.25, -0.2) is 0 Å². The second-order valence-electron chi connectivity index (χ2n) is 4.81. The fourth-order valence-electron chi connectivity index (χ4n) is 1.83. The van der Waals surface area contributed by atoms with Crippen LogP contribution < -0.4 is 16.0 Å². The Bertz CT molecular complexity index is 471. The van der Waals surface area contributed by atoms with E-state index in [0.717, 1.165) is 44.1 Å². The Morgan fingerprint density at radius 3 is 2.50 bits per heavy atom. The molecule has 0 fully saturated rings. The molecule has 0 unspecified atom stereocenters. The zero-order valence-corrected chi connectivity index (χ0v) is 13.6. The smallest absolute Gasteiger partial charge is 0.287 e. The number of furan rings is 1. The third kappa shape index (κ3) is 6.62. The quantitative estimate of drug-likeness (QED) is 0.358. The lowest BCUT2D eigenvalue weighted by atomic mass is 10.2. The van der Waals surface area contributed by atoms with E-state index in [-0.39, 0.29) is 5.91 Å². The van der Waals surface area contributed by atoms with Crippen LogP contribution in [0.15, 0.2) is 21.7 Å². The number of guanidine groups is 1. The van der Waals surface area contributed by atoms with E-state index in [9.17, 15) is 4.79 Å². The number of hydrogen-bond donors (Lipinski definition) is 3. The maximum absolute atomic E-state index is 11.8. The molecule has 0 spiro atoms. The first-order chi connectivity index (χ1) is 10.7. The molecule has 1 amide bonds. The number of nitrogens with zero attached hydrogens (tertiary/aromatic N) is 1.